The zero-order valence-electron chi connectivity index (χ0n) is 10.6. The summed E-state index contributed by atoms with van der Waals surface area (Å²) in [5, 5.41) is 3.11. The van der Waals surface area contributed by atoms with Crippen molar-refractivity contribution >= 4 is 21.6 Å². The van der Waals surface area contributed by atoms with E-state index in [1.54, 1.807) is 13.2 Å². The third kappa shape index (κ3) is 5.75. The fraction of sp³-hybridized carbons (Fsp3) is 0.455. The van der Waals surface area contributed by atoms with Gasteiger partial charge in [-0.25, -0.2) is 13.1 Å². The average molecular weight is 309 g/mol. The second-order valence-corrected chi connectivity index (χ2v) is 5.96. The van der Waals surface area contributed by atoms with Gasteiger partial charge in [-0.15, -0.1) is 0 Å². The first-order chi connectivity index (χ1) is 8.95. The number of furan rings is 1. The molecule has 0 saturated heterocycles. The summed E-state index contributed by atoms with van der Waals surface area (Å²) in [5.74, 6) is 0.529. The first-order valence-electron chi connectivity index (χ1n) is 5.57. The van der Waals surface area contributed by atoms with Gasteiger partial charge in [0.25, 0.3) is 10.0 Å². The maximum absolute atomic E-state index is 11.8. The Hall–Kier alpha value is -0.860. The highest BCUT2D eigenvalue weighted by molar-refractivity contribution is 7.89. The van der Waals surface area contributed by atoms with Crippen molar-refractivity contribution < 1.29 is 17.6 Å². The SMILES string of the molecule is C=C(Cl)CNS(=O)(=O)c1ccc(CNCCOC)o1. The predicted octanol–water partition coefficient (Wildman–Crippen LogP) is 1.05. The summed E-state index contributed by atoms with van der Waals surface area (Å²) in [5.41, 5.74) is 0. The molecule has 0 unspecified atom stereocenters. The van der Waals surface area contributed by atoms with Gasteiger partial charge in [0.15, 0.2) is 0 Å². The first kappa shape index (κ1) is 16.2. The second kappa shape index (κ2) is 7.66. The Morgan fingerprint density at radius 3 is 2.89 bits per heavy atom. The van der Waals surface area contributed by atoms with Crippen molar-refractivity contribution in [2.75, 3.05) is 26.8 Å². The van der Waals surface area contributed by atoms with Crippen molar-refractivity contribution in [1.29, 1.82) is 0 Å². The molecule has 0 atom stereocenters. The summed E-state index contributed by atoms with van der Waals surface area (Å²) in [6.45, 7) is 5.03. The van der Waals surface area contributed by atoms with E-state index in [1.807, 2.05) is 0 Å². The van der Waals surface area contributed by atoms with Gasteiger partial charge in [-0.1, -0.05) is 18.2 Å². The summed E-state index contributed by atoms with van der Waals surface area (Å²) in [4.78, 5) is 0. The molecule has 1 heterocycles. The maximum Gasteiger partial charge on any atom is 0.274 e. The Balaban J connectivity index is 2.55. The van der Waals surface area contributed by atoms with Crippen molar-refractivity contribution in [3.05, 3.63) is 29.5 Å². The van der Waals surface area contributed by atoms with Crippen LogP contribution in [0, 0.1) is 0 Å². The lowest BCUT2D eigenvalue weighted by Crippen LogP contribution is -2.24. The number of methoxy groups -OCH3 is 1. The van der Waals surface area contributed by atoms with Crippen molar-refractivity contribution in [2.24, 2.45) is 0 Å². The second-order valence-electron chi connectivity index (χ2n) is 3.73. The summed E-state index contributed by atoms with van der Waals surface area (Å²) in [6, 6.07) is 3.00. The quantitative estimate of drug-likeness (QED) is 0.666. The largest absolute Gasteiger partial charge is 0.447 e. The Kier molecular flexibility index (Phi) is 6.53. The standard InChI is InChI=1S/C11H17ClN2O4S/c1-9(12)7-14-19(15,16)11-4-3-10(18-11)8-13-5-6-17-2/h3-4,13-14H,1,5-8H2,2H3. The Bertz CT molecular complexity index is 513. The zero-order valence-corrected chi connectivity index (χ0v) is 12.2. The molecule has 0 aliphatic rings. The molecular formula is C11H17ClN2O4S. The van der Waals surface area contributed by atoms with Gasteiger partial charge in [-0.3, -0.25) is 0 Å². The van der Waals surface area contributed by atoms with Gasteiger partial charge in [0, 0.05) is 25.2 Å². The van der Waals surface area contributed by atoms with Crippen LogP contribution in [0.1, 0.15) is 5.76 Å². The summed E-state index contributed by atoms with van der Waals surface area (Å²) in [6.07, 6.45) is 0. The molecule has 0 amide bonds. The molecule has 1 aromatic rings. The minimum Gasteiger partial charge on any atom is -0.447 e. The maximum atomic E-state index is 11.8. The monoisotopic (exact) mass is 308 g/mol. The lowest BCUT2D eigenvalue weighted by atomic mass is 10.4. The highest BCUT2D eigenvalue weighted by atomic mass is 35.5. The lowest BCUT2D eigenvalue weighted by molar-refractivity contribution is 0.198. The van der Waals surface area contributed by atoms with Gasteiger partial charge in [0.1, 0.15) is 5.76 Å². The molecule has 0 aliphatic carbocycles. The van der Waals surface area contributed by atoms with Crippen LogP contribution in [-0.4, -0.2) is 35.2 Å². The normalized spacial score (nSPS) is 11.7. The van der Waals surface area contributed by atoms with Crippen LogP contribution in [0.2, 0.25) is 0 Å². The van der Waals surface area contributed by atoms with E-state index in [0.717, 1.165) is 0 Å². The topological polar surface area (TPSA) is 80.6 Å². The minimum absolute atomic E-state index is 0.0357. The third-order valence-corrected chi connectivity index (χ3v) is 3.55. The molecule has 19 heavy (non-hydrogen) atoms. The molecular weight excluding hydrogens is 292 g/mol. The van der Waals surface area contributed by atoms with Crippen LogP contribution < -0.4 is 10.0 Å². The van der Waals surface area contributed by atoms with E-state index in [-0.39, 0.29) is 16.7 Å². The first-order valence-corrected chi connectivity index (χ1v) is 7.43. The van der Waals surface area contributed by atoms with Crippen LogP contribution in [0.3, 0.4) is 0 Å². The van der Waals surface area contributed by atoms with Gasteiger partial charge in [0.2, 0.25) is 5.09 Å². The van der Waals surface area contributed by atoms with Crippen LogP contribution in [0.4, 0.5) is 0 Å². The highest BCUT2D eigenvalue weighted by Gasteiger charge is 2.18. The molecule has 8 heteroatoms. The molecule has 2 N–H and O–H groups in total. The van der Waals surface area contributed by atoms with Crippen molar-refractivity contribution in [2.45, 2.75) is 11.6 Å². The van der Waals surface area contributed by atoms with Gasteiger partial charge in [-0.05, 0) is 12.1 Å². The van der Waals surface area contributed by atoms with Gasteiger partial charge in [0.05, 0.1) is 13.2 Å². The number of nitrogens with one attached hydrogen (secondary N) is 2. The molecule has 0 aliphatic heterocycles. The third-order valence-electron chi connectivity index (χ3n) is 2.14. The predicted molar refractivity (Wildman–Crippen MR) is 72.5 cm³/mol. The molecule has 0 radical (unpaired) electrons. The van der Waals surface area contributed by atoms with Crippen molar-refractivity contribution in [1.82, 2.24) is 10.0 Å². The fourth-order valence-electron chi connectivity index (χ4n) is 1.23. The number of rotatable bonds is 9. The summed E-state index contributed by atoms with van der Waals surface area (Å²) < 4.78 is 35.9. The van der Waals surface area contributed by atoms with E-state index < -0.39 is 10.0 Å². The van der Waals surface area contributed by atoms with E-state index in [9.17, 15) is 8.42 Å². The van der Waals surface area contributed by atoms with Crippen LogP contribution in [0.15, 0.2) is 33.3 Å². The van der Waals surface area contributed by atoms with Crippen molar-refractivity contribution in [3.8, 4) is 0 Å². The average Bonchev–Trinajstić information content (AvgIpc) is 2.82. The van der Waals surface area contributed by atoms with Crippen LogP contribution in [-0.2, 0) is 21.3 Å². The fourth-order valence-corrected chi connectivity index (χ4v) is 2.34. The molecule has 0 bridgehead atoms. The zero-order chi connectivity index (χ0) is 14.3. The summed E-state index contributed by atoms with van der Waals surface area (Å²) in [7, 11) is -2.08. The molecule has 0 spiro atoms. The van der Waals surface area contributed by atoms with E-state index in [2.05, 4.69) is 16.6 Å². The van der Waals surface area contributed by atoms with Gasteiger partial charge < -0.3 is 14.5 Å². The number of sulfonamides is 1. The van der Waals surface area contributed by atoms with E-state index in [4.69, 9.17) is 20.8 Å². The molecule has 0 saturated carbocycles. The molecule has 0 fully saturated rings. The van der Waals surface area contributed by atoms with Crippen molar-refractivity contribution in [3.63, 3.8) is 0 Å². The number of ether oxygens (including phenoxy) is 1. The summed E-state index contributed by atoms with van der Waals surface area (Å²) >= 11 is 5.50. The molecule has 0 aromatic carbocycles. The molecule has 1 aromatic heterocycles. The van der Waals surface area contributed by atoms with Crippen LogP contribution >= 0.6 is 11.6 Å². The Morgan fingerprint density at radius 1 is 1.53 bits per heavy atom. The smallest absolute Gasteiger partial charge is 0.274 e. The molecule has 6 nitrogen and oxygen atoms in total. The Labute approximate surface area is 117 Å². The van der Waals surface area contributed by atoms with Crippen LogP contribution in [0.25, 0.3) is 0 Å². The Morgan fingerprint density at radius 2 is 2.26 bits per heavy atom. The molecule has 108 valence electrons. The van der Waals surface area contributed by atoms with Gasteiger partial charge in [-0.2, -0.15) is 0 Å². The van der Waals surface area contributed by atoms with Crippen LogP contribution in [0.5, 0.6) is 0 Å². The lowest BCUT2D eigenvalue weighted by Gasteiger charge is -2.03. The number of hydrogen-bond donors (Lipinski definition) is 2. The van der Waals surface area contributed by atoms with E-state index in [1.165, 1.54) is 6.07 Å². The minimum atomic E-state index is -3.68. The molecule has 1 rings (SSSR count). The van der Waals surface area contributed by atoms with E-state index >= 15 is 0 Å². The van der Waals surface area contributed by atoms with E-state index in [0.29, 0.717) is 25.5 Å². The number of halogens is 1. The highest BCUT2D eigenvalue weighted by Crippen LogP contribution is 2.14. The number of hydrogen-bond acceptors (Lipinski definition) is 5. The van der Waals surface area contributed by atoms with Gasteiger partial charge >= 0.3 is 0 Å².